The maximum Gasteiger partial charge on any atom is 0.236 e. The van der Waals surface area contributed by atoms with Crippen molar-refractivity contribution in [3.8, 4) is 6.07 Å². The molecule has 1 N–H and O–H groups in total. The van der Waals surface area contributed by atoms with Crippen LogP contribution in [0.4, 0.5) is 5.69 Å². The van der Waals surface area contributed by atoms with Crippen molar-refractivity contribution in [1.29, 1.82) is 5.26 Å². The summed E-state index contributed by atoms with van der Waals surface area (Å²) in [7, 11) is 0. The average molecular weight is 363 g/mol. The Labute approximate surface area is 159 Å². The summed E-state index contributed by atoms with van der Waals surface area (Å²) < 4.78 is 0. The van der Waals surface area contributed by atoms with Gasteiger partial charge in [-0.25, -0.2) is 4.98 Å². The Hall–Kier alpha value is -2.65. The van der Waals surface area contributed by atoms with Gasteiger partial charge in [-0.05, 0) is 50.5 Å². The molecule has 140 valence electrons. The predicted octanol–water partition coefficient (Wildman–Crippen LogP) is 2.60. The Kier molecular flexibility index (Phi) is 4.95. The molecule has 2 saturated heterocycles. The zero-order valence-electron chi connectivity index (χ0n) is 15.7. The summed E-state index contributed by atoms with van der Waals surface area (Å²) in [4.78, 5) is 21.2. The van der Waals surface area contributed by atoms with Crippen molar-refractivity contribution in [3.05, 3.63) is 36.0 Å². The number of carbonyl (C=O) groups is 1. The smallest absolute Gasteiger partial charge is 0.236 e. The van der Waals surface area contributed by atoms with Gasteiger partial charge in [0.1, 0.15) is 11.8 Å². The van der Waals surface area contributed by atoms with Crippen LogP contribution in [-0.4, -0.2) is 59.0 Å². The molecule has 2 aliphatic rings. The largest absolute Gasteiger partial charge is 0.380 e. The van der Waals surface area contributed by atoms with Crippen LogP contribution in [0.5, 0.6) is 0 Å². The van der Waals surface area contributed by atoms with Crippen molar-refractivity contribution < 1.29 is 4.79 Å². The molecule has 0 aliphatic carbocycles. The first kappa shape index (κ1) is 17.7. The highest BCUT2D eigenvalue weighted by molar-refractivity contribution is 5.91. The van der Waals surface area contributed by atoms with Crippen LogP contribution in [0, 0.1) is 11.3 Å². The number of likely N-dealkylation sites (tertiary alicyclic amines) is 2. The highest BCUT2D eigenvalue weighted by Crippen LogP contribution is 2.25. The lowest BCUT2D eigenvalue weighted by Crippen LogP contribution is -2.41. The molecule has 2 atom stereocenters. The molecule has 6 nitrogen and oxygen atoms in total. The van der Waals surface area contributed by atoms with Crippen molar-refractivity contribution in [2.45, 2.75) is 38.3 Å². The van der Waals surface area contributed by atoms with E-state index >= 15 is 0 Å². The van der Waals surface area contributed by atoms with E-state index in [0.29, 0.717) is 24.3 Å². The quantitative estimate of drug-likeness (QED) is 0.904. The molecule has 27 heavy (non-hydrogen) atoms. The number of amides is 1. The number of benzene rings is 1. The third-order valence-electron chi connectivity index (χ3n) is 5.71. The van der Waals surface area contributed by atoms with E-state index < -0.39 is 0 Å². The molecule has 0 unspecified atom stereocenters. The van der Waals surface area contributed by atoms with Crippen molar-refractivity contribution in [2.24, 2.45) is 0 Å². The fraction of sp³-hybridized carbons (Fsp3) is 0.476. The second-order valence-corrected chi connectivity index (χ2v) is 7.62. The molecular weight excluding hydrogens is 338 g/mol. The molecule has 0 bridgehead atoms. The van der Waals surface area contributed by atoms with Crippen LogP contribution in [0.3, 0.4) is 0 Å². The van der Waals surface area contributed by atoms with E-state index in [1.165, 1.54) is 0 Å². The third-order valence-corrected chi connectivity index (χ3v) is 5.71. The normalized spacial score (nSPS) is 22.9. The molecule has 2 fully saturated rings. The first-order valence-electron chi connectivity index (χ1n) is 9.72. The lowest BCUT2D eigenvalue weighted by molar-refractivity contribution is -0.132. The number of hydrogen-bond acceptors (Lipinski definition) is 5. The Bertz CT molecular complexity index is 890. The maximum absolute atomic E-state index is 12.5. The number of fused-ring (bicyclic) bond motifs is 1. The summed E-state index contributed by atoms with van der Waals surface area (Å²) >= 11 is 0. The molecule has 6 heteroatoms. The van der Waals surface area contributed by atoms with Crippen molar-refractivity contribution in [3.63, 3.8) is 0 Å². The van der Waals surface area contributed by atoms with Gasteiger partial charge in [0.25, 0.3) is 0 Å². The third kappa shape index (κ3) is 3.74. The van der Waals surface area contributed by atoms with Crippen molar-refractivity contribution in [1.82, 2.24) is 14.8 Å². The first-order chi connectivity index (χ1) is 13.1. The van der Waals surface area contributed by atoms with Gasteiger partial charge >= 0.3 is 0 Å². The summed E-state index contributed by atoms with van der Waals surface area (Å²) in [5, 5.41) is 13.7. The topological polar surface area (TPSA) is 72.3 Å². The van der Waals surface area contributed by atoms with Crippen LogP contribution < -0.4 is 5.32 Å². The van der Waals surface area contributed by atoms with Crippen molar-refractivity contribution in [2.75, 3.05) is 31.5 Å². The number of nitriles is 1. The van der Waals surface area contributed by atoms with Gasteiger partial charge in [0, 0.05) is 42.8 Å². The van der Waals surface area contributed by atoms with Crippen LogP contribution in [0.1, 0.15) is 31.9 Å². The molecular formula is C21H25N5O. The van der Waals surface area contributed by atoms with Gasteiger partial charge in [0.15, 0.2) is 0 Å². The fourth-order valence-electron chi connectivity index (χ4n) is 4.24. The summed E-state index contributed by atoms with van der Waals surface area (Å²) in [6.07, 6.45) is 3.27. The summed E-state index contributed by atoms with van der Waals surface area (Å²) in [5.41, 5.74) is 2.30. The van der Waals surface area contributed by atoms with Gasteiger partial charge in [0.05, 0.1) is 12.1 Å². The molecule has 1 aromatic heterocycles. The maximum atomic E-state index is 12.5. The van der Waals surface area contributed by atoms with E-state index in [0.717, 1.165) is 55.5 Å². The van der Waals surface area contributed by atoms with E-state index in [1.807, 2.05) is 23.1 Å². The van der Waals surface area contributed by atoms with Crippen LogP contribution >= 0.6 is 0 Å². The SMILES string of the molecule is C[C@@H]1CCCN1C(=O)CN1CC[C@H](Nc2cccc3nc(C#N)ccc23)C1. The molecule has 2 aliphatic heterocycles. The Morgan fingerprint density at radius 2 is 2.19 bits per heavy atom. The zero-order chi connectivity index (χ0) is 18.8. The summed E-state index contributed by atoms with van der Waals surface area (Å²) in [6.45, 7) is 5.38. The van der Waals surface area contributed by atoms with Gasteiger partial charge in [-0.15, -0.1) is 0 Å². The van der Waals surface area contributed by atoms with E-state index in [4.69, 9.17) is 5.26 Å². The standard InChI is InChI=1S/C21H25N5O/c1-15-4-3-10-26(15)21(27)14-25-11-9-17(13-25)24-20-6-2-5-19-18(20)8-7-16(12-22)23-19/h2,5-8,15,17,24H,3-4,9-11,13-14H2,1H3/t15-,17+/m1/s1. The van der Waals surface area contributed by atoms with Crippen LogP contribution in [0.15, 0.2) is 30.3 Å². The zero-order valence-corrected chi connectivity index (χ0v) is 15.7. The molecule has 1 aromatic carbocycles. The van der Waals surface area contributed by atoms with E-state index in [1.54, 1.807) is 6.07 Å². The lowest BCUT2D eigenvalue weighted by Gasteiger charge is -2.25. The average Bonchev–Trinajstić information content (AvgIpc) is 3.30. The molecule has 4 rings (SSSR count). The second kappa shape index (κ2) is 7.53. The second-order valence-electron chi connectivity index (χ2n) is 7.62. The molecule has 1 amide bonds. The number of pyridine rings is 1. The number of aromatic nitrogens is 1. The Morgan fingerprint density at radius 3 is 2.96 bits per heavy atom. The van der Waals surface area contributed by atoms with Gasteiger partial charge in [-0.1, -0.05) is 6.07 Å². The summed E-state index contributed by atoms with van der Waals surface area (Å²) in [5.74, 6) is 0.263. The number of nitrogens with one attached hydrogen (secondary N) is 1. The number of carbonyl (C=O) groups excluding carboxylic acids is 1. The minimum atomic E-state index is 0.263. The van der Waals surface area contributed by atoms with Crippen LogP contribution in [0.25, 0.3) is 10.9 Å². The van der Waals surface area contributed by atoms with Crippen molar-refractivity contribution >= 4 is 22.5 Å². The number of rotatable bonds is 4. The van der Waals surface area contributed by atoms with Gasteiger partial charge in [-0.3, -0.25) is 9.69 Å². The number of nitrogens with zero attached hydrogens (tertiary/aromatic N) is 4. The van der Waals surface area contributed by atoms with Crippen LogP contribution in [0.2, 0.25) is 0 Å². The van der Waals surface area contributed by atoms with Gasteiger partial charge in [-0.2, -0.15) is 5.26 Å². The first-order valence-corrected chi connectivity index (χ1v) is 9.72. The number of anilines is 1. The molecule has 0 radical (unpaired) electrons. The number of hydrogen-bond donors (Lipinski definition) is 1. The molecule has 0 spiro atoms. The van der Waals surface area contributed by atoms with E-state index in [-0.39, 0.29) is 5.91 Å². The minimum Gasteiger partial charge on any atom is -0.380 e. The van der Waals surface area contributed by atoms with E-state index in [2.05, 4.69) is 34.3 Å². The molecule has 3 heterocycles. The predicted molar refractivity (Wildman–Crippen MR) is 105 cm³/mol. The van der Waals surface area contributed by atoms with Gasteiger partial charge in [0.2, 0.25) is 5.91 Å². The minimum absolute atomic E-state index is 0.263. The Morgan fingerprint density at radius 1 is 1.30 bits per heavy atom. The van der Waals surface area contributed by atoms with Crippen LogP contribution in [-0.2, 0) is 4.79 Å². The molecule has 2 aromatic rings. The highest BCUT2D eigenvalue weighted by Gasteiger charge is 2.29. The van der Waals surface area contributed by atoms with Gasteiger partial charge < -0.3 is 10.2 Å². The lowest BCUT2D eigenvalue weighted by atomic mass is 10.1. The van der Waals surface area contributed by atoms with E-state index in [9.17, 15) is 4.79 Å². The fourth-order valence-corrected chi connectivity index (χ4v) is 4.24. The monoisotopic (exact) mass is 363 g/mol. The molecule has 0 saturated carbocycles. The Balaban J connectivity index is 1.39. The highest BCUT2D eigenvalue weighted by atomic mass is 16.2. The summed E-state index contributed by atoms with van der Waals surface area (Å²) in [6, 6.07) is 12.4.